The largest absolute Gasteiger partial charge is 0.368 e. The molecule has 0 atom stereocenters. The number of aromatic amines is 1. The second-order valence-electron chi connectivity index (χ2n) is 8.42. The number of amides is 1. The molecule has 0 aromatic carbocycles. The van der Waals surface area contributed by atoms with E-state index < -0.39 is 0 Å². The van der Waals surface area contributed by atoms with Gasteiger partial charge in [0, 0.05) is 53.1 Å². The minimum Gasteiger partial charge on any atom is -0.368 e. The topological polar surface area (TPSA) is 113 Å². The van der Waals surface area contributed by atoms with Crippen LogP contribution in [0.15, 0.2) is 16.9 Å². The van der Waals surface area contributed by atoms with E-state index in [0.29, 0.717) is 28.4 Å². The van der Waals surface area contributed by atoms with Crippen molar-refractivity contribution in [1.82, 2.24) is 15.3 Å². The highest BCUT2D eigenvalue weighted by Gasteiger charge is 2.28. The third-order valence-corrected chi connectivity index (χ3v) is 5.37. The summed E-state index contributed by atoms with van der Waals surface area (Å²) in [7, 11) is 0. The van der Waals surface area contributed by atoms with Crippen LogP contribution in [0.5, 0.6) is 0 Å². The fourth-order valence-corrected chi connectivity index (χ4v) is 3.65. The zero-order valence-electron chi connectivity index (χ0n) is 18.4. The number of anilines is 1. The second-order valence-corrected chi connectivity index (χ2v) is 8.42. The van der Waals surface area contributed by atoms with Crippen LogP contribution in [0.25, 0.3) is 0 Å². The normalized spacial score (nSPS) is 13.5. The molecule has 5 N–H and O–H groups in total. The van der Waals surface area contributed by atoms with Gasteiger partial charge in [0.25, 0.3) is 11.5 Å². The molecule has 0 radical (unpaired) electrons. The van der Waals surface area contributed by atoms with E-state index >= 15 is 0 Å². The zero-order valence-corrected chi connectivity index (χ0v) is 18.4. The molecule has 0 aliphatic heterocycles. The summed E-state index contributed by atoms with van der Waals surface area (Å²) in [4.78, 5) is 33.2. The standard InChI is InChI=1S/C23H33N5O2/c1-5-6-16-9-14(4)19(23(30)27-16)12-25-22(29)17-10-20(15-7-8-15)28-21(18(17)11-24)26-13(2)3/h9-10,13,15H,5-8,11-12,24H2,1-4H3,(H,25,29)(H,26,28)(H,27,30). The average molecular weight is 412 g/mol. The van der Waals surface area contributed by atoms with Crippen molar-refractivity contribution in [1.29, 1.82) is 0 Å². The molecule has 1 amide bonds. The maximum Gasteiger partial charge on any atom is 0.253 e. The summed E-state index contributed by atoms with van der Waals surface area (Å²) >= 11 is 0. The van der Waals surface area contributed by atoms with Crippen molar-refractivity contribution in [2.45, 2.75) is 78.4 Å². The summed E-state index contributed by atoms with van der Waals surface area (Å²) in [6.07, 6.45) is 3.98. The molecular formula is C23H33N5O2. The first-order valence-electron chi connectivity index (χ1n) is 10.8. The molecule has 7 heteroatoms. The van der Waals surface area contributed by atoms with Crippen LogP contribution in [0.2, 0.25) is 0 Å². The molecule has 1 fully saturated rings. The molecule has 2 aromatic heterocycles. The Balaban J connectivity index is 1.86. The van der Waals surface area contributed by atoms with E-state index in [9.17, 15) is 9.59 Å². The van der Waals surface area contributed by atoms with Gasteiger partial charge in [-0.3, -0.25) is 9.59 Å². The number of carbonyl (C=O) groups is 1. The van der Waals surface area contributed by atoms with Gasteiger partial charge in [0.05, 0.1) is 0 Å². The van der Waals surface area contributed by atoms with Crippen LogP contribution in [-0.4, -0.2) is 21.9 Å². The summed E-state index contributed by atoms with van der Waals surface area (Å²) < 4.78 is 0. The summed E-state index contributed by atoms with van der Waals surface area (Å²) in [6.45, 7) is 8.42. The Morgan fingerprint density at radius 1 is 1.30 bits per heavy atom. The molecule has 162 valence electrons. The summed E-state index contributed by atoms with van der Waals surface area (Å²) in [6, 6.07) is 4.03. The lowest BCUT2D eigenvalue weighted by Crippen LogP contribution is -2.30. The Morgan fingerprint density at radius 2 is 2.03 bits per heavy atom. The number of carbonyl (C=O) groups excluding carboxylic acids is 1. The minimum atomic E-state index is -0.233. The van der Waals surface area contributed by atoms with Crippen LogP contribution in [-0.2, 0) is 19.5 Å². The number of pyridine rings is 2. The van der Waals surface area contributed by atoms with Crippen molar-refractivity contribution in [3.05, 3.63) is 56.1 Å². The van der Waals surface area contributed by atoms with Crippen molar-refractivity contribution < 1.29 is 4.79 Å². The first-order chi connectivity index (χ1) is 14.3. The Morgan fingerprint density at radius 3 is 2.60 bits per heavy atom. The maximum absolute atomic E-state index is 13.1. The van der Waals surface area contributed by atoms with Crippen LogP contribution in [0.3, 0.4) is 0 Å². The van der Waals surface area contributed by atoms with Crippen molar-refractivity contribution in [3.8, 4) is 0 Å². The van der Waals surface area contributed by atoms with E-state index in [0.717, 1.165) is 42.6 Å². The average Bonchev–Trinajstić information content (AvgIpc) is 3.51. The van der Waals surface area contributed by atoms with Crippen LogP contribution >= 0.6 is 0 Å². The van der Waals surface area contributed by atoms with Crippen molar-refractivity contribution in [3.63, 3.8) is 0 Å². The van der Waals surface area contributed by atoms with Crippen LogP contribution in [0.4, 0.5) is 5.82 Å². The Hall–Kier alpha value is -2.67. The Bertz CT molecular complexity index is 976. The molecule has 1 aliphatic carbocycles. The van der Waals surface area contributed by atoms with E-state index in [1.807, 2.05) is 32.9 Å². The second kappa shape index (κ2) is 9.43. The van der Waals surface area contributed by atoms with Gasteiger partial charge in [-0.15, -0.1) is 0 Å². The van der Waals surface area contributed by atoms with Gasteiger partial charge in [-0.25, -0.2) is 4.98 Å². The molecule has 0 unspecified atom stereocenters. The maximum atomic E-state index is 13.1. The summed E-state index contributed by atoms with van der Waals surface area (Å²) in [5.41, 5.74) is 10.4. The third-order valence-electron chi connectivity index (χ3n) is 5.37. The number of nitrogens with two attached hydrogens (primary N) is 1. The number of rotatable bonds is 9. The lowest BCUT2D eigenvalue weighted by atomic mass is 10.0. The van der Waals surface area contributed by atoms with Gasteiger partial charge in [0.2, 0.25) is 0 Å². The smallest absolute Gasteiger partial charge is 0.253 e. The van der Waals surface area contributed by atoms with E-state index in [1.165, 1.54) is 0 Å². The monoisotopic (exact) mass is 411 g/mol. The molecule has 1 aliphatic rings. The van der Waals surface area contributed by atoms with Gasteiger partial charge in [-0.1, -0.05) is 13.3 Å². The predicted molar refractivity (Wildman–Crippen MR) is 120 cm³/mol. The Kier molecular flexibility index (Phi) is 6.92. The van der Waals surface area contributed by atoms with Crippen molar-refractivity contribution in [2.24, 2.45) is 5.73 Å². The highest BCUT2D eigenvalue weighted by molar-refractivity contribution is 5.97. The summed E-state index contributed by atoms with van der Waals surface area (Å²) in [5, 5.41) is 6.25. The predicted octanol–water partition coefficient (Wildman–Crippen LogP) is 3.12. The highest BCUT2D eigenvalue weighted by atomic mass is 16.1. The molecule has 1 saturated carbocycles. The number of hydrogen-bond acceptors (Lipinski definition) is 5. The quantitative estimate of drug-likeness (QED) is 0.506. The van der Waals surface area contributed by atoms with Gasteiger partial charge in [-0.2, -0.15) is 0 Å². The fourth-order valence-electron chi connectivity index (χ4n) is 3.65. The molecule has 7 nitrogen and oxygen atoms in total. The number of aryl methyl sites for hydroxylation is 2. The van der Waals surface area contributed by atoms with Crippen molar-refractivity contribution in [2.75, 3.05) is 5.32 Å². The number of H-pyrrole nitrogens is 1. The van der Waals surface area contributed by atoms with Crippen LogP contribution in [0.1, 0.15) is 84.4 Å². The minimum absolute atomic E-state index is 0.145. The lowest BCUT2D eigenvalue weighted by molar-refractivity contribution is 0.0949. The van der Waals surface area contributed by atoms with Crippen LogP contribution in [0, 0.1) is 6.92 Å². The molecule has 0 saturated heterocycles. The number of nitrogens with one attached hydrogen (secondary N) is 3. The van der Waals surface area contributed by atoms with E-state index in [-0.39, 0.29) is 30.6 Å². The first-order valence-corrected chi connectivity index (χ1v) is 10.8. The van der Waals surface area contributed by atoms with Gasteiger partial charge in [0.15, 0.2) is 0 Å². The molecule has 0 spiro atoms. The number of nitrogens with zero attached hydrogens (tertiary/aromatic N) is 1. The molecule has 2 aromatic rings. The third kappa shape index (κ3) is 5.08. The van der Waals surface area contributed by atoms with Crippen LogP contribution < -0.4 is 21.9 Å². The summed E-state index contributed by atoms with van der Waals surface area (Å²) in [5.74, 6) is 0.857. The molecule has 0 bridgehead atoms. The van der Waals surface area contributed by atoms with Gasteiger partial charge < -0.3 is 21.4 Å². The van der Waals surface area contributed by atoms with Gasteiger partial charge >= 0.3 is 0 Å². The highest BCUT2D eigenvalue weighted by Crippen LogP contribution is 2.40. The van der Waals surface area contributed by atoms with Gasteiger partial charge in [0.1, 0.15) is 5.82 Å². The molecule has 30 heavy (non-hydrogen) atoms. The van der Waals surface area contributed by atoms with E-state index in [4.69, 9.17) is 10.7 Å². The SMILES string of the molecule is CCCc1cc(C)c(CNC(=O)c2cc(C3CC3)nc(NC(C)C)c2CN)c(=O)[nH]1. The van der Waals surface area contributed by atoms with E-state index in [1.54, 1.807) is 0 Å². The van der Waals surface area contributed by atoms with Crippen molar-refractivity contribution >= 4 is 11.7 Å². The molecular weight excluding hydrogens is 378 g/mol. The Labute approximate surface area is 177 Å². The zero-order chi connectivity index (χ0) is 21.8. The number of aromatic nitrogens is 2. The fraction of sp³-hybridized carbons (Fsp3) is 0.522. The molecule has 2 heterocycles. The van der Waals surface area contributed by atoms with E-state index in [2.05, 4.69) is 22.5 Å². The van der Waals surface area contributed by atoms with Gasteiger partial charge in [-0.05, 0) is 57.7 Å². The number of hydrogen-bond donors (Lipinski definition) is 4. The lowest BCUT2D eigenvalue weighted by Gasteiger charge is -2.18. The molecule has 3 rings (SSSR count). The first kappa shape index (κ1) is 22.0.